The highest BCUT2D eigenvalue weighted by Crippen LogP contribution is 2.42. The Labute approximate surface area is 370 Å². The maximum atomic E-state index is 6.98. The molecule has 0 N–H and O–H groups in total. The number of para-hydroxylation sites is 4. The van der Waals surface area contributed by atoms with E-state index in [0.717, 1.165) is 55.4 Å². The maximum absolute atomic E-state index is 6.98. The Hall–Kier alpha value is -8.41. The minimum absolute atomic E-state index is 0.563. The van der Waals surface area contributed by atoms with Gasteiger partial charge in [0.1, 0.15) is 11.2 Å². The van der Waals surface area contributed by atoms with Crippen molar-refractivity contribution in [3.05, 3.63) is 217 Å². The number of hydrogen-bond donors (Lipinski definition) is 0. The van der Waals surface area contributed by atoms with Gasteiger partial charge in [0, 0.05) is 43.9 Å². The summed E-state index contributed by atoms with van der Waals surface area (Å²) in [6, 6.07) is 72.6. The van der Waals surface area contributed by atoms with Crippen molar-refractivity contribution in [1.29, 1.82) is 0 Å². The molecular weight excluding hydrogens is 781 g/mol. The van der Waals surface area contributed by atoms with E-state index in [1.54, 1.807) is 0 Å². The Balaban J connectivity index is 0.964. The first-order chi connectivity index (χ1) is 31.6. The van der Waals surface area contributed by atoms with Gasteiger partial charge in [-0.25, -0.2) is 15.0 Å². The zero-order valence-electron chi connectivity index (χ0n) is 35.3. The van der Waals surface area contributed by atoms with E-state index < -0.39 is 0 Å². The summed E-state index contributed by atoms with van der Waals surface area (Å²) in [6.07, 6.45) is 0. The van der Waals surface area contributed by atoms with Gasteiger partial charge in [-0.15, -0.1) is 0 Å². The van der Waals surface area contributed by atoms with Crippen LogP contribution in [0, 0.1) is 13.8 Å². The third-order valence-corrected chi connectivity index (χ3v) is 12.6. The van der Waals surface area contributed by atoms with Gasteiger partial charge < -0.3 is 8.98 Å². The zero-order valence-corrected chi connectivity index (χ0v) is 35.3. The molecule has 0 saturated heterocycles. The molecule has 3 heterocycles. The fraction of sp³-hybridized carbons (Fsp3) is 0.0339. The normalized spacial score (nSPS) is 11.6. The molecule has 64 heavy (non-hydrogen) atoms. The standard InChI is InChI=1S/C59H40N4O/c1-37-28-30-41(42-32-33-54-52(35-42)46-22-12-13-27-53(46)63(54)44-20-10-5-11-21-44)34-50(37)51-36-43(31-29-38(51)2)45-23-14-24-47-48-25-15-26-49(56(48)64-55(45)47)59-61-57(39-16-6-3-7-17-39)60-58(62-59)40-18-8-4-9-19-40/h3-36H,1-2H3. The van der Waals surface area contributed by atoms with Gasteiger partial charge in [0.05, 0.1) is 16.6 Å². The van der Waals surface area contributed by atoms with Crippen LogP contribution in [-0.2, 0) is 0 Å². The van der Waals surface area contributed by atoms with E-state index in [4.69, 9.17) is 19.4 Å². The highest BCUT2D eigenvalue weighted by Gasteiger charge is 2.21. The highest BCUT2D eigenvalue weighted by molar-refractivity contribution is 6.13. The van der Waals surface area contributed by atoms with Crippen molar-refractivity contribution in [3.8, 4) is 73.2 Å². The molecule has 5 nitrogen and oxygen atoms in total. The summed E-state index contributed by atoms with van der Waals surface area (Å²) in [5.41, 5.74) is 17.1. The van der Waals surface area contributed by atoms with Crippen molar-refractivity contribution in [2.24, 2.45) is 0 Å². The Morgan fingerprint density at radius 1 is 0.328 bits per heavy atom. The van der Waals surface area contributed by atoms with Crippen molar-refractivity contribution in [2.45, 2.75) is 13.8 Å². The topological polar surface area (TPSA) is 56.7 Å². The first-order valence-corrected chi connectivity index (χ1v) is 21.7. The van der Waals surface area contributed by atoms with Gasteiger partial charge in [0.2, 0.25) is 0 Å². The first kappa shape index (κ1) is 37.4. The van der Waals surface area contributed by atoms with Crippen LogP contribution in [0.15, 0.2) is 211 Å². The van der Waals surface area contributed by atoms with Gasteiger partial charge in [0.25, 0.3) is 0 Å². The lowest BCUT2D eigenvalue weighted by Crippen LogP contribution is -2.00. The lowest BCUT2D eigenvalue weighted by atomic mass is 9.90. The molecule has 0 aliphatic heterocycles. The zero-order chi connectivity index (χ0) is 42.7. The average molecular weight is 821 g/mol. The molecule has 9 aromatic carbocycles. The number of aromatic nitrogens is 4. The molecule has 0 bridgehead atoms. The van der Waals surface area contributed by atoms with Crippen LogP contribution in [0.3, 0.4) is 0 Å². The summed E-state index contributed by atoms with van der Waals surface area (Å²) in [5, 5.41) is 4.53. The predicted octanol–water partition coefficient (Wildman–Crippen LogP) is 15.5. The van der Waals surface area contributed by atoms with Crippen LogP contribution in [-0.4, -0.2) is 19.5 Å². The number of aryl methyl sites for hydroxylation is 2. The monoisotopic (exact) mass is 820 g/mol. The molecule has 0 radical (unpaired) electrons. The Kier molecular flexibility index (Phi) is 8.87. The number of nitrogens with zero attached hydrogens (tertiary/aromatic N) is 4. The molecule has 0 aliphatic carbocycles. The van der Waals surface area contributed by atoms with E-state index in [9.17, 15) is 0 Å². The van der Waals surface area contributed by atoms with Crippen molar-refractivity contribution in [1.82, 2.24) is 19.5 Å². The maximum Gasteiger partial charge on any atom is 0.167 e. The van der Waals surface area contributed by atoms with E-state index in [-0.39, 0.29) is 0 Å². The van der Waals surface area contributed by atoms with Crippen LogP contribution >= 0.6 is 0 Å². The van der Waals surface area contributed by atoms with Gasteiger partial charge >= 0.3 is 0 Å². The Morgan fingerprint density at radius 2 is 0.812 bits per heavy atom. The van der Waals surface area contributed by atoms with Crippen LogP contribution in [0.1, 0.15) is 11.1 Å². The van der Waals surface area contributed by atoms with Crippen LogP contribution in [0.25, 0.3) is 117 Å². The molecule has 0 amide bonds. The average Bonchev–Trinajstić information content (AvgIpc) is 3.91. The van der Waals surface area contributed by atoms with Gasteiger partial charge in [0.15, 0.2) is 17.5 Å². The quantitative estimate of drug-likeness (QED) is 0.161. The van der Waals surface area contributed by atoms with Crippen molar-refractivity contribution in [3.63, 3.8) is 0 Å². The molecule has 0 unspecified atom stereocenters. The number of benzene rings is 9. The second kappa shape index (κ2) is 15.2. The largest absolute Gasteiger partial charge is 0.455 e. The summed E-state index contributed by atoms with van der Waals surface area (Å²) in [4.78, 5) is 15.0. The van der Waals surface area contributed by atoms with Crippen LogP contribution in [0.2, 0.25) is 0 Å². The summed E-state index contributed by atoms with van der Waals surface area (Å²) >= 11 is 0. The number of fused-ring (bicyclic) bond motifs is 6. The summed E-state index contributed by atoms with van der Waals surface area (Å²) in [7, 11) is 0. The Bertz CT molecular complexity index is 3680. The van der Waals surface area contributed by atoms with Crippen molar-refractivity contribution < 1.29 is 4.42 Å². The lowest BCUT2D eigenvalue weighted by molar-refractivity contribution is 0.670. The van der Waals surface area contributed by atoms with E-state index in [2.05, 4.69) is 158 Å². The van der Waals surface area contributed by atoms with Crippen LogP contribution in [0.5, 0.6) is 0 Å². The number of hydrogen-bond acceptors (Lipinski definition) is 4. The minimum Gasteiger partial charge on any atom is -0.455 e. The van der Waals surface area contributed by atoms with Gasteiger partial charge in [-0.2, -0.15) is 0 Å². The molecule has 12 aromatic rings. The molecule has 5 heteroatoms. The Morgan fingerprint density at radius 3 is 1.48 bits per heavy atom. The second-order valence-corrected chi connectivity index (χ2v) is 16.5. The number of rotatable bonds is 7. The lowest BCUT2D eigenvalue weighted by Gasteiger charge is -2.14. The molecule has 0 fully saturated rings. The van der Waals surface area contributed by atoms with Gasteiger partial charge in [-0.05, 0) is 101 Å². The summed E-state index contributed by atoms with van der Waals surface area (Å²) in [5.74, 6) is 1.79. The predicted molar refractivity (Wildman–Crippen MR) is 264 cm³/mol. The summed E-state index contributed by atoms with van der Waals surface area (Å²) in [6.45, 7) is 4.41. The van der Waals surface area contributed by atoms with Crippen LogP contribution in [0.4, 0.5) is 0 Å². The van der Waals surface area contributed by atoms with Crippen molar-refractivity contribution in [2.75, 3.05) is 0 Å². The fourth-order valence-electron chi connectivity index (χ4n) is 9.33. The van der Waals surface area contributed by atoms with E-state index in [1.807, 2.05) is 66.7 Å². The summed E-state index contributed by atoms with van der Waals surface area (Å²) < 4.78 is 9.35. The smallest absolute Gasteiger partial charge is 0.167 e. The van der Waals surface area contributed by atoms with Gasteiger partial charge in [-0.1, -0.05) is 158 Å². The third-order valence-electron chi connectivity index (χ3n) is 12.6. The van der Waals surface area contributed by atoms with E-state index in [0.29, 0.717) is 17.5 Å². The van der Waals surface area contributed by atoms with Crippen molar-refractivity contribution >= 4 is 43.7 Å². The molecule has 0 spiro atoms. The molecule has 0 saturated carbocycles. The molecule has 302 valence electrons. The van der Waals surface area contributed by atoms with E-state index >= 15 is 0 Å². The van der Waals surface area contributed by atoms with E-state index in [1.165, 1.54) is 55.2 Å². The molecule has 3 aromatic heterocycles. The fourth-order valence-corrected chi connectivity index (χ4v) is 9.33. The molecule has 0 atom stereocenters. The number of furan rings is 1. The third kappa shape index (κ3) is 6.28. The highest BCUT2D eigenvalue weighted by atomic mass is 16.3. The van der Waals surface area contributed by atoms with Gasteiger partial charge in [-0.3, -0.25) is 0 Å². The molecule has 12 rings (SSSR count). The first-order valence-electron chi connectivity index (χ1n) is 21.7. The second-order valence-electron chi connectivity index (χ2n) is 16.5. The molecule has 0 aliphatic rings. The van der Waals surface area contributed by atoms with Crippen LogP contribution < -0.4 is 0 Å². The molecular formula is C59H40N4O. The SMILES string of the molecule is Cc1ccc(-c2ccc3c(c2)c2ccccc2n3-c2ccccc2)cc1-c1cc(-c2cccc3c2oc2c(-c4nc(-c5ccccc5)nc(-c5ccccc5)n4)cccc23)ccc1C. The minimum atomic E-state index is 0.563.